The highest BCUT2D eigenvalue weighted by Crippen LogP contribution is 2.33. The van der Waals surface area contributed by atoms with Crippen molar-refractivity contribution in [2.45, 2.75) is 51.7 Å². The highest BCUT2D eigenvalue weighted by Gasteiger charge is 2.26. The Morgan fingerprint density at radius 3 is 2.52 bits per heavy atom. The van der Waals surface area contributed by atoms with E-state index >= 15 is 0 Å². The van der Waals surface area contributed by atoms with E-state index in [2.05, 4.69) is 17.6 Å². The SMILES string of the molecule is CNc1cc(N(C)CC(C)O)c(C(=O)NC2CCC(C)CC2)cc1[N+](=O)[O-]. The molecule has 0 saturated heterocycles. The minimum atomic E-state index is -0.598. The molecule has 8 heteroatoms. The smallest absolute Gasteiger partial charge is 0.293 e. The molecule has 1 amide bonds. The van der Waals surface area contributed by atoms with E-state index in [0.717, 1.165) is 25.7 Å². The molecule has 2 rings (SSSR count). The molecular formula is C19H30N4O4. The van der Waals surface area contributed by atoms with Crippen LogP contribution in [0.1, 0.15) is 49.9 Å². The normalized spacial score (nSPS) is 20.6. The molecule has 8 nitrogen and oxygen atoms in total. The van der Waals surface area contributed by atoms with Crippen LogP contribution in [-0.2, 0) is 0 Å². The number of amides is 1. The summed E-state index contributed by atoms with van der Waals surface area (Å²) in [7, 11) is 3.36. The number of anilines is 2. The van der Waals surface area contributed by atoms with Gasteiger partial charge >= 0.3 is 0 Å². The van der Waals surface area contributed by atoms with Gasteiger partial charge in [0.15, 0.2) is 0 Å². The first kappa shape index (κ1) is 21.0. The van der Waals surface area contributed by atoms with Crippen LogP contribution in [0.25, 0.3) is 0 Å². The van der Waals surface area contributed by atoms with Gasteiger partial charge in [0.2, 0.25) is 0 Å². The number of rotatable bonds is 7. The Morgan fingerprint density at radius 1 is 1.37 bits per heavy atom. The van der Waals surface area contributed by atoms with E-state index in [9.17, 15) is 20.0 Å². The van der Waals surface area contributed by atoms with Crippen molar-refractivity contribution in [2.75, 3.05) is 30.9 Å². The van der Waals surface area contributed by atoms with Crippen LogP contribution in [-0.4, -0.2) is 48.7 Å². The maximum absolute atomic E-state index is 12.9. The zero-order valence-corrected chi connectivity index (χ0v) is 16.5. The van der Waals surface area contributed by atoms with Gasteiger partial charge in [-0.1, -0.05) is 6.92 Å². The number of benzene rings is 1. The topological polar surface area (TPSA) is 108 Å². The highest BCUT2D eigenvalue weighted by molar-refractivity contribution is 6.02. The van der Waals surface area contributed by atoms with Crippen molar-refractivity contribution in [3.05, 3.63) is 27.8 Å². The monoisotopic (exact) mass is 378 g/mol. The first-order valence-electron chi connectivity index (χ1n) is 9.43. The number of hydrogen-bond donors (Lipinski definition) is 3. The molecule has 1 fully saturated rings. The fourth-order valence-electron chi connectivity index (χ4n) is 3.59. The quantitative estimate of drug-likeness (QED) is 0.497. The van der Waals surface area contributed by atoms with Crippen molar-refractivity contribution in [2.24, 2.45) is 5.92 Å². The van der Waals surface area contributed by atoms with Crippen LogP contribution >= 0.6 is 0 Å². The third kappa shape index (κ3) is 5.32. The molecule has 1 aliphatic rings. The van der Waals surface area contributed by atoms with Gasteiger partial charge in [-0.3, -0.25) is 14.9 Å². The van der Waals surface area contributed by atoms with Gasteiger partial charge in [0.05, 0.1) is 22.3 Å². The fourth-order valence-corrected chi connectivity index (χ4v) is 3.59. The van der Waals surface area contributed by atoms with E-state index in [4.69, 9.17) is 0 Å². The second-order valence-electron chi connectivity index (χ2n) is 7.55. The molecule has 3 N–H and O–H groups in total. The molecule has 0 spiro atoms. The van der Waals surface area contributed by atoms with E-state index in [1.165, 1.54) is 6.07 Å². The van der Waals surface area contributed by atoms with Gasteiger partial charge in [-0.15, -0.1) is 0 Å². The molecule has 0 heterocycles. The molecule has 0 aliphatic heterocycles. The largest absolute Gasteiger partial charge is 0.392 e. The summed E-state index contributed by atoms with van der Waals surface area (Å²) in [5, 5.41) is 27.0. The summed E-state index contributed by atoms with van der Waals surface area (Å²) in [4.78, 5) is 25.6. The second kappa shape index (κ2) is 9.03. The average Bonchev–Trinajstić information content (AvgIpc) is 2.61. The number of carbonyl (C=O) groups excluding carboxylic acids is 1. The van der Waals surface area contributed by atoms with Gasteiger partial charge < -0.3 is 20.6 Å². The summed E-state index contributed by atoms with van der Waals surface area (Å²) < 4.78 is 0. The van der Waals surface area contributed by atoms with Gasteiger partial charge in [-0.25, -0.2) is 0 Å². The first-order chi connectivity index (χ1) is 12.7. The summed E-state index contributed by atoms with van der Waals surface area (Å²) in [5.74, 6) is 0.356. The number of likely N-dealkylation sites (N-methyl/N-ethyl adjacent to an activating group) is 1. The van der Waals surface area contributed by atoms with E-state index in [-0.39, 0.29) is 23.2 Å². The lowest BCUT2D eigenvalue weighted by Crippen LogP contribution is -2.38. The number of nitro groups is 1. The van der Waals surface area contributed by atoms with Gasteiger partial charge in [0, 0.05) is 32.7 Å². The van der Waals surface area contributed by atoms with Crippen LogP contribution < -0.4 is 15.5 Å². The third-order valence-electron chi connectivity index (χ3n) is 5.13. The molecule has 0 aromatic heterocycles. The number of nitrogens with zero attached hydrogens (tertiary/aromatic N) is 2. The lowest BCUT2D eigenvalue weighted by atomic mass is 9.87. The van der Waals surface area contributed by atoms with E-state index in [1.807, 2.05) is 0 Å². The summed E-state index contributed by atoms with van der Waals surface area (Å²) in [6, 6.07) is 3.01. The summed E-state index contributed by atoms with van der Waals surface area (Å²) >= 11 is 0. The zero-order valence-electron chi connectivity index (χ0n) is 16.5. The minimum Gasteiger partial charge on any atom is -0.392 e. The van der Waals surface area contributed by atoms with Gasteiger partial charge in [0.1, 0.15) is 5.69 Å². The maximum atomic E-state index is 12.9. The van der Waals surface area contributed by atoms with E-state index < -0.39 is 11.0 Å². The Bertz CT molecular complexity index is 685. The number of hydrogen-bond acceptors (Lipinski definition) is 6. The van der Waals surface area contributed by atoms with Gasteiger partial charge in [-0.05, 0) is 44.6 Å². The number of nitrogens with one attached hydrogen (secondary N) is 2. The number of aliphatic hydroxyl groups excluding tert-OH is 1. The van der Waals surface area contributed by atoms with E-state index in [1.54, 1.807) is 32.0 Å². The molecule has 1 aliphatic carbocycles. The van der Waals surface area contributed by atoms with Crippen molar-refractivity contribution in [1.29, 1.82) is 0 Å². The van der Waals surface area contributed by atoms with E-state index in [0.29, 0.717) is 23.8 Å². The second-order valence-corrected chi connectivity index (χ2v) is 7.55. The Hall–Kier alpha value is -2.35. The van der Waals surface area contributed by atoms with Gasteiger partial charge in [-0.2, -0.15) is 0 Å². The summed E-state index contributed by atoms with van der Waals surface area (Å²) in [6.07, 6.45) is 3.38. The predicted molar refractivity (Wildman–Crippen MR) is 106 cm³/mol. The molecule has 1 atom stereocenters. The van der Waals surface area contributed by atoms with Crippen molar-refractivity contribution in [1.82, 2.24) is 5.32 Å². The molecule has 1 unspecified atom stereocenters. The first-order valence-corrected chi connectivity index (χ1v) is 9.43. The molecule has 1 aromatic carbocycles. The van der Waals surface area contributed by atoms with Crippen LogP contribution in [0.2, 0.25) is 0 Å². The third-order valence-corrected chi connectivity index (χ3v) is 5.13. The maximum Gasteiger partial charge on any atom is 0.293 e. The van der Waals surface area contributed by atoms with Crippen molar-refractivity contribution in [3.8, 4) is 0 Å². The summed E-state index contributed by atoms with van der Waals surface area (Å²) in [5.41, 5.74) is 0.986. The van der Waals surface area contributed by atoms with Crippen molar-refractivity contribution < 1.29 is 14.8 Å². The van der Waals surface area contributed by atoms with Crippen LogP contribution in [0.3, 0.4) is 0 Å². The Labute approximate surface area is 160 Å². The number of nitro benzene ring substituents is 1. The standard InChI is InChI=1S/C19H30N4O4/c1-12-5-7-14(8-6-12)21-19(25)15-9-18(23(26)27)16(20-3)10-17(15)22(4)11-13(2)24/h9-10,12-14,20,24H,5-8,11H2,1-4H3,(H,21,25). The van der Waals surface area contributed by atoms with Crippen LogP contribution in [0.4, 0.5) is 17.1 Å². The molecule has 0 radical (unpaired) electrons. The highest BCUT2D eigenvalue weighted by atomic mass is 16.6. The molecule has 27 heavy (non-hydrogen) atoms. The van der Waals surface area contributed by atoms with Crippen LogP contribution in [0.5, 0.6) is 0 Å². The average molecular weight is 378 g/mol. The lowest BCUT2D eigenvalue weighted by Gasteiger charge is -2.28. The van der Waals surface area contributed by atoms with Crippen molar-refractivity contribution in [3.63, 3.8) is 0 Å². The number of carbonyl (C=O) groups is 1. The molecule has 1 saturated carbocycles. The summed E-state index contributed by atoms with van der Waals surface area (Å²) in [6.45, 7) is 4.17. The Balaban J connectivity index is 2.36. The number of aliphatic hydroxyl groups is 1. The van der Waals surface area contributed by atoms with Crippen molar-refractivity contribution >= 4 is 23.0 Å². The molecule has 150 valence electrons. The Kier molecular flexibility index (Phi) is 7.01. The van der Waals surface area contributed by atoms with Gasteiger partial charge in [0.25, 0.3) is 11.6 Å². The molecule has 1 aromatic rings. The fraction of sp³-hybridized carbons (Fsp3) is 0.632. The predicted octanol–water partition coefficient (Wildman–Crippen LogP) is 2.76. The molecular weight excluding hydrogens is 348 g/mol. The minimum absolute atomic E-state index is 0.0895. The van der Waals surface area contributed by atoms with Crippen LogP contribution in [0.15, 0.2) is 12.1 Å². The van der Waals surface area contributed by atoms with Crippen LogP contribution in [0, 0.1) is 16.0 Å². The Morgan fingerprint density at radius 2 is 2.00 bits per heavy atom. The molecule has 0 bridgehead atoms. The lowest BCUT2D eigenvalue weighted by molar-refractivity contribution is -0.383. The zero-order chi connectivity index (χ0) is 20.1.